The number of carbonyl (C=O) groups excluding carboxylic acids is 1. The average Bonchev–Trinajstić information content (AvgIpc) is 2.23. The van der Waals surface area contributed by atoms with Crippen molar-refractivity contribution in [1.29, 1.82) is 0 Å². The van der Waals surface area contributed by atoms with Gasteiger partial charge in [-0.3, -0.25) is 4.98 Å². The normalized spacial score (nSPS) is 12.9. The highest BCUT2D eigenvalue weighted by molar-refractivity contribution is 5.68. The monoisotopic (exact) mass is 251 g/mol. The number of rotatable bonds is 3. The zero-order chi connectivity index (χ0) is 13.8. The van der Waals surface area contributed by atoms with Crippen molar-refractivity contribution in [2.75, 3.05) is 6.54 Å². The second-order valence-electron chi connectivity index (χ2n) is 5.23. The number of nitrogens with zero attached hydrogens (tertiary/aromatic N) is 1. The second-order valence-corrected chi connectivity index (χ2v) is 5.23. The topological polar surface area (TPSA) is 77.2 Å². The van der Waals surface area contributed by atoms with Gasteiger partial charge in [0.2, 0.25) is 0 Å². The molecule has 0 aliphatic rings. The molecule has 1 aromatic rings. The standard InChI is InChI=1S/C13H21N3O2/c1-9-5-10(8-15-7-9)11(6-14)16-12(17)18-13(2,3)4/h5,7-8,11H,6,14H2,1-4H3,(H,16,17). The van der Waals surface area contributed by atoms with E-state index in [4.69, 9.17) is 10.5 Å². The predicted molar refractivity (Wildman–Crippen MR) is 70.1 cm³/mol. The fraction of sp³-hybridized carbons (Fsp3) is 0.538. The highest BCUT2D eigenvalue weighted by Crippen LogP contribution is 2.13. The van der Waals surface area contributed by atoms with Crippen molar-refractivity contribution in [2.24, 2.45) is 5.73 Å². The molecule has 0 aliphatic carbocycles. The first-order chi connectivity index (χ1) is 8.31. The Morgan fingerprint density at radius 2 is 2.17 bits per heavy atom. The molecule has 0 saturated heterocycles. The van der Waals surface area contributed by atoms with Gasteiger partial charge in [-0.15, -0.1) is 0 Å². The van der Waals surface area contributed by atoms with Gasteiger partial charge in [-0.2, -0.15) is 0 Å². The van der Waals surface area contributed by atoms with Crippen LogP contribution in [0.25, 0.3) is 0 Å². The molecule has 0 aliphatic heterocycles. The molecule has 18 heavy (non-hydrogen) atoms. The molecule has 0 fully saturated rings. The molecular weight excluding hydrogens is 230 g/mol. The molecule has 1 heterocycles. The number of ether oxygens (including phenoxy) is 1. The van der Waals surface area contributed by atoms with Crippen molar-refractivity contribution >= 4 is 6.09 Å². The first-order valence-corrected chi connectivity index (χ1v) is 5.93. The molecule has 5 heteroatoms. The van der Waals surface area contributed by atoms with Crippen LogP contribution in [0.3, 0.4) is 0 Å². The highest BCUT2D eigenvalue weighted by Gasteiger charge is 2.19. The molecule has 1 aromatic heterocycles. The Morgan fingerprint density at radius 3 is 2.67 bits per heavy atom. The maximum absolute atomic E-state index is 11.7. The molecule has 0 radical (unpaired) electrons. The van der Waals surface area contributed by atoms with E-state index < -0.39 is 11.7 Å². The summed E-state index contributed by atoms with van der Waals surface area (Å²) in [6.45, 7) is 7.69. The number of amides is 1. The lowest BCUT2D eigenvalue weighted by Gasteiger charge is -2.23. The molecule has 1 atom stereocenters. The summed E-state index contributed by atoms with van der Waals surface area (Å²) in [7, 11) is 0. The van der Waals surface area contributed by atoms with Crippen molar-refractivity contribution in [3.05, 3.63) is 29.6 Å². The van der Waals surface area contributed by atoms with Crippen LogP contribution >= 0.6 is 0 Å². The van der Waals surface area contributed by atoms with Gasteiger partial charge in [-0.1, -0.05) is 6.07 Å². The summed E-state index contributed by atoms with van der Waals surface area (Å²) in [5.74, 6) is 0. The van der Waals surface area contributed by atoms with Crippen molar-refractivity contribution in [1.82, 2.24) is 10.3 Å². The third-order valence-electron chi connectivity index (χ3n) is 2.23. The lowest BCUT2D eigenvalue weighted by Crippen LogP contribution is -2.37. The van der Waals surface area contributed by atoms with Gasteiger partial charge in [0.1, 0.15) is 5.60 Å². The Balaban J connectivity index is 2.71. The van der Waals surface area contributed by atoms with Gasteiger partial charge < -0.3 is 15.8 Å². The number of carbonyl (C=O) groups is 1. The van der Waals surface area contributed by atoms with Gasteiger partial charge in [-0.05, 0) is 38.8 Å². The van der Waals surface area contributed by atoms with Crippen molar-refractivity contribution < 1.29 is 9.53 Å². The zero-order valence-electron chi connectivity index (χ0n) is 11.4. The molecule has 0 bridgehead atoms. The largest absolute Gasteiger partial charge is 0.444 e. The van der Waals surface area contributed by atoms with Crippen molar-refractivity contribution in [2.45, 2.75) is 39.3 Å². The van der Waals surface area contributed by atoms with E-state index in [0.29, 0.717) is 6.54 Å². The van der Waals surface area contributed by atoms with Crippen LogP contribution in [0.15, 0.2) is 18.5 Å². The van der Waals surface area contributed by atoms with Crippen LogP contribution in [0.4, 0.5) is 4.79 Å². The fourth-order valence-electron chi connectivity index (χ4n) is 1.50. The van der Waals surface area contributed by atoms with Gasteiger partial charge in [-0.25, -0.2) is 4.79 Å². The minimum absolute atomic E-state index is 0.285. The van der Waals surface area contributed by atoms with Crippen LogP contribution in [-0.4, -0.2) is 23.2 Å². The van der Waals surface area contributed by atoms with Gasteiger partial charge in [0.05, 0.1) is 6.04 Å². The lowest BCUT2D eigenvalue weighted by molar-refractivity contribution is 0.0505. The molecule has 1 unspecified atom stereocenters. The van der Waals surface area contributed by atoms with E-state index in [9.17, 15) is 4.79 Å². The summed E-state index contributed by atoms with van der Waals surface area (Å²) >= 11 is 0. The Bertz CT molecular complexity index is 413. The summed E-state index contributed by atoms with van der Waals surface area (Å²) in [5, 5.41) is 2.74. The number of aryl methyl sites for hydroxylation is 1. The molecule has 0 saturated carbocycles. The average molecular weight is 251 g/mol. The third-order valence-corrected chi connectivity index (χ3v) is 2.23. The summed E-state index contributed by atoms with van der Waals surface area (Å²) in [6.07, 6.45) is 2.98. The van der Waals surface area contributed by atoms with Gasteiger partial charge in [0.15, 0.2) is 0 Å². The summed E-state index contributed by atoms with van der Waals surface area (Å²) in [6, 6.07) is 1.66. The number of nitrogens with one attached hydrogen (secondary N) is 1. The van der Waals surface area contributed by atoms with Crippen molar-refractivity contribution in [3.8, 4) is 0 Å². The Labute approximate surface area is 108 Å². The van der Waals surface area contributed by atoms with E-state index in [0.717, 1.165) is 11.1 Å². The first-order valence-electron chi connectivity index (χ1n) is 5.93. The van der Waals surface area contributed by atoms with E-state index in [1.165, 1.54) is 0 Å². The van der Waals surface area contributed by atoms with Gasteiger partial charge in [0, 0.05) is 18.9 Å². The smallest absolute Gasteiger partial charge is 0.408 e. The minimum Gasteiger partial charge on any atom is -0.444 e. The zero-order valence-corrected chi connectivity index (χ0v) is 11.4. The van der Waals surface area contributed by atoms with Crippen LogP contribution in [0.2, 0.25) is 0 Å². The van der Waals surface area contributed by atoms with Crippen LogP contribution in [0.5, 0.6) is 0 Å². The number of hydrogen-bond acceptors (Lipinski definition) is 4. The molecule has 5 nitrogen and oxygen atoms in total. The Morgan fingerprint density at radius 1 is 1.50 bits per heavy atom. The summed E-state index contributed by atoms with van der Waals surface area (Å²) < 4.78 is 5.20. The minimum atomic E-state index is -0.520. The second kappa shape index (κ2) is 5.82. The number of aromatic nitrogens is 1. The van der Waals surface area contributed by atoms with Gasteiger partial charge >= 0.3 is 6.09 Å². The molecule has 0 aromatic carbocycles. The number of nitrogens with two attached hydrogens (primary N) is 1. The first kappa shape index (κ1) is 14.4. The Kier molecular flexibility index (Phi) is 4.67. The van der Waals surface area contributed by atoms with Gasteiger partial charge in [0.25, 0.3) is 0 Å². The Hall–Kier alpha value is -1.62. The lowest BCUT2D eigenvalue weighted by atomic mass is 10.1. The predicted octanol–water partition coefficient (Wildman–Crippen LogP) is 1.91. The van der Waals surface area contributed by atoms with Crippen molar-refractivity contribution in [3.63, 3.8) is 0 Å². The van der Waals surface area contributed by atoms with E-state index in [-0.39, 0.29) is 6.04 Å². The summed E-state index contributed by atoms with van der Waals surface area (Å²) in [4.78, 5) is 15.8. The number of pyridine rings is 1. The van der Waals surface area contributed by atoms with E-state index >= 15 is 0 Å². The molecule has 3 N–H and O–H groups in total. The number of hydrogen-bond donors (Lipinski definition) is 2. The third kappa shape index (κ3) is 4.71. The molecule has 1 amide bonds. The maximum Gasteiger partial charge on any atom is 0.408 e. The maximum atomic E-state index is 11.7. The van der Waals surface area contributed by atoms with E-state index in [1.807, 2.05) is 33.8 Å². The fourth-order valence-corrected chi connectivity index (χ4v) is 1.50. The van der Waals surface area contributed by atoms with E-state index in [2.05, 4.69) is 10.3 Å². The SMILES string of the molecule is Cc1cncc(C(CN)NC(=O)OC(C)(C)C)c1. The molecule has 0 spiro atoms. The summed E-state index contributed by atoms with van der Waals surface area (Å²) in [5.41, 5.74) is 7.05. The molecule has 1 rings (SSSR count). The van der Waals surface area contributed by atoms with Crippen LogP contribution in [0, 0.1) is 6.92 Å². The highest BCUT2D eigenvalue weighted by atomic mass is 16.6. The van der Waals surface area contributed by atoms with Crippen LogP contribution < -0.4 is 11.1 Å². The van der Waals surface area contributed by atoms with Crippen LogP contribution in [0.1, 0.15) is 37.9 Å². The van der Waals surface area contributed by atoms with Crippen LogP contribution in [-0.2, 0) is 4.74 Å². The van der Waals surface area contributed by atoms with E-state index in [1.54, 1.807) is 12.4 Å². The molecule has 100 valence electrons. The number of alkyl carbamates (subject to hydrolysis) is 1. The molecular formula is C13H21N3O2. The quantitative estimate of drug-likeness (QED) is 0.860.